The summed E-state index contributed by atoms with van der Waals surface area (Å²) in [6, 6.07) is 13.5. The van der Waals surface area contributed by atoms with Crippen molar-refractivity contribution in [3.05, 3.63) is 64.2 Å². The number of amides is 1. The average molecular weight is 447 g/mol. The van der Waals surface area contributed by atoms with E-state index in [2.05, 4.69) is 22.3 Å². The van der Waals surface area contributed by atoms with E-state index in [0.717, 1.165) is 49.0 Å². The fourth-order valence-corrected chi connectivity index (χ4v) is 4.54. The highest BCUT2D eigenvalue weighted by molar-refractivity contribution is 7.92. The molecule has 1 aliphatic heterocycles. The van der Waals surface area contributed by atoms with Gasteiger partial charge in [0, 0.05) is 37.5 Å². The molecule has 0 aliphatic carbocycles. The summed E-state index contributed by atoms with van der Waals surface area (Å²) in [5, 5.41) is 13.7. The predicted octanol–water partition coefficient (Wildman–Crippen LogP) is 2.32. The summed E-state index contributed by atoms with van der Waals surface area (Å²) in [4.78, 5) is 25.1. The first-order chi connectivity index (χ1) is 14.8. The van der Waals surface area contributed by atoms with Crippen LogP contribution in [0, 0.1) is 10.1 Å². The van der Waals surface area contributed by atoms with Crippen LogP contribution in [-0.4, -0.2) is 51.7 Å². The maximum Gasteiger partial charge on any atom is 0.271 e. The number of non-ortho nitro benzene ring substituents is 1. The van der Waals surface area contributed by atoms with Crippen molar-refractivity contribution in [3.63, 3.8) is 0 Å². The van der Waals surface area contributed by atoms with Crippen molar-refractivity contribution in [3.8, 4) is 0 Å². The number of fused-ring (bicyclic) bond motifs is 1. The zero-order valence-electron chi connectivity index (χ0n) is 17.4. The van der Waals surface area contributed by atoms with E-state index >= 15 is 0 Å². The van der Waals surface area contributed by atoms with Crippen molar-refractivity contribution in [1.29, 1.82) is 0 Å². The van der Waals surface area contributed by atoms with Crippen LogP contribution in [-0.2, 0) is 21.2 Å². The van der Waals surface area contributed by atoms with Crippen LogP contribution in [0.3, 0.4) is 0 Å². The van der Waals surface area contributed by atoms with Crippen molar-refractivity contribution in [1.82, 2.24) is 5.32 Å². The number of nitrogens with one attached hydrogen (secondary N) is 1. The summed E-state index contributed by atoms with van der Waals surface area (Å²) >= 11 is 0. The Hall–Kier alpha value is -3.14. The highest BCUT2D eigenvalue weighted by atomic mass is 32.2. The van der Waals surface area contributed by atoms with E-state index in [1.54, 1.807) is 0 Å². The summed E-state index contributed by atoms with van der Waals surface area (Å²) in [5.41, 5.74) is 2.40. The first-order valence-electron chi connectivity index (χ1n) is 10.1. The maximum atomic E-state index is 12.4. The number of sulfonamides is 1. The number of carbonyl (C=O) groups excluding carboxylic acids is 1. The summed E-state index contributed by atoms with van der Waals surface area (Å²) in [7, 11) is -3.80. The summed E-state index contributed by atoms with van der Waals surface area (Å²) in [5.74, 6) is -0.462. The molecule has 1 amide bonds. The third kappa shape index (κ3) is 5.94. The fraction of sp³-hybridized carbons (Fsp3) is 0.381. The Morgan fingerprint density at radius 1 is 1.23 bits per heavy atom. The molecule has 9 nitrogen and oxygen atoms in total. The molecule has 0 saturated carbocycles. The quantitative estimate of drug-likeness (QED) is 0.359. The van der Waals surface area contributed by atoms with Crippen LogP contribution in [0.1, 0.15) is 18.4 Å². The minimum absolute atomic E-state index is 0.0803. The van der Waals surface area contributed by atoms with Gasteiger partial charge in [0.25, 0.3) is 5.69 Å². The van der Waals surface area contributed by atoms with Gasteiger partial charge in [-0.25, -0.2) is 8.42 Å². The number of rotatable bonds is 9. The molecule has 0 unspecified atom stereocenters. The Morgan fingerprint density at radius 2 is 2.00 bits per heavy atom. The molecule has 166 valence electrons. The van der Waals surface area contributed by atoms with Gasteiger partial charge in [0.2, 0.25) is 15.9 Å². The van der Waals surface area contributed by atoms with Gasteiger partial charge in [-0.2, -0.15) is 0 Å². The molecule has 3 rings (SSSR count). The lowest BCUT2D eigenvalue weighted by atomic mass is 10.0. The number of benzene rings is 2. The third-order valence-corrected chi connectivity index (χ3v) is 6.29. The molecule has 1 N–H and O–H groups in total. The summed E-state index contributed by atoms with van der Waals surface area (Å²) < 4.78 is 25.2. The van der Waals surface area contributed by atoms with Crippen molar-refractivity contribution in [2.45, 2.75) is 19.3 Å². The standard InChI is InChI=1S/C21H26N4O5S/c1-31(29,30)24(18-9-4-10-19(15-18)25(27)28)16-21(26)22-12-6-14-23-13-5-8-17-7-2-3-11-20(17)23/h2-4,7,9-11,15H,5-6,8,12-14,16H2,1H3,(H,22,26). The fourth-order valence-electron chi connectivity index (χ4n) is 3.69. The molecular weight excluding hydrogens is 420 g/mol. The number of nitrogens with zero attached hydrogens (tertiary/aromatic N) is 3. The lowest BCUT2D eigenvalue weighted by Gasteiger charge is -2.31. The molecule has 0 saturated heterocycles. The zero-order valence-corrected chi connectivity index (χ0v) is 18.2. The molecule has 10 heteroatoms. The smallest absolute Gasteiger partial charge is 0.271 e. The van der Waals surface area contributed by atoms with Crippen LogP contribution >= 0.6 is 0 Å². The highest BCUT2D eigenvalue weighted by Crippen LogP contribution is 2.26. The van der Waals surface area contributed by atoms with Crippen molar-refractivity contribution >= 4 is 33.0 Å². The van der Waals surface area contributed by atoms with Crippen LogP contribution in [0.25, 0.3) is 0 Å². The normalized spacial score (nSPS) is 13.4. The predicted molar refractivity (Wildman–Crippen MR) is 120 cm³/mol. The lowest BCUT2D eigenvalue weighted by molar-refractivity contribution is -0.384. The van der Waals surface area contributed by atoms with Gasteiger partial charge in [-0.1, -0.05) is 24.3 Å². The van der Waals surface area contributed by atoms with E-state index in [9.17, 15) is 23.3 Å². The second kappa shape index (κ2) is 9.78. The minimum atomic E-state index is -3.80. The first-order valence-corrected chi connectivity index (χ1v) is 11.9. The minimum Gasteiger partial charge on any atom is -0.371 e. The van der Waals surface area contributed by atoms with Gasteiger partial charge in [0.1, 0.15) is 6.54 Å². The number of hydrogen-bond acceptors (Lipinski definition) is 6. The van der Waals surface area contributed by atoms with Gasteiger partial charge < -0.3 is 10.2 Å². The monoisotopic (exact) mass is 446 g/mol. The van der Waals surface area contributed by atoms with E-state index in [1.807, 2.05) is 12.1 Å². The molecule has 2 aromatic rings. The molecule has 0 bridgehead atoms. The first kappa shape index (κ1) is 22.5. The zero-order chi connectivity index (χ0) is 22.4. The molecule has 0 radical (unpaired) electrons. The number of anilines is 2. The number of nitro benzene ring substituents is 1. The molecule has 0 atom stereocenters. The molecular formula is C21H26N4O5S. The second-order valence-corrected chi connectivity index (χ2v) is 9.38. The van der Waals surface area contributed by atoms with E-state index in [-0.39, 0.29) is 11.4 Å². The van der Waals surface area contributed by atoms with Crippen LogP contribution < -0.4 is 14.5 Å². The SMILES string of the molecule is CS(=O)(=O)N(CC(=O)NCCCN1CCCc2ccccc21)c1cccc([N+](=O)[O-])c1. The number of aryl methyl sites for hydroxylation is 1. The van der Waals surface area contributed by atoms with E-state index in [1.165, 1.54) is 29.4 Å². The van der Waals surface area contributed by atoms with Crippen molar-refractivity contribution in [2.75, 3.05) is 41.6 Å². The number of hydrogen-bond donors (Lipinski definition) is 1. The molecule has 1 heterocycles. The van der Waals surface area contributed by atoms with Crippen molar-refractivity contribution < 1.29 is 18.1 Å². The van der Waals surface area contributed by atoms with Crippen LogP contribution in [0.2, 0.25) is 0 Å². The number of para-hydroxylation sites is 1. The van der Waals surface area contributed by atoms with Crippen LogP contribution in [0.15, 0.2) is 48.5 Å². The molecule has 31 heavy (non-hydrogen) atoms. The molecule has 0 fully saturated rings. The van der Waals surface area contributed by atoms with Gasteiger partial charge in [0.05, 0.1) is 16.9 Å². The van der Waals surface area contributed by atoms with Gasteiger partial charge in [-0.15, -0.1) is 0 Å². The Morgan fingerprint density at radius 3 is 2.74 bits per heavy atom. The van der Waals surface area contributed by atoms with E-state index in [4.69, 9.17) is 0 Å². The van der Waals surface area contributed by atoms with Gasteiger partial charge >= 0.3 is 0 Å². The Balaban J connectivity index is 1.55. The number of carbonyl (C=O) groups is 1. The van der Waals surface area contributed by atoms with Crippen LogP contribution in [0.4, 0.5) is 17.1 Å². The van der Waals surface area contributed by atoms with Gasteiger partial charge in [-0.3, -0.25) is 19.2 Å². The largest absolute Gasteiger partial charge is 0.371 e. The topological polar surface area (TPSA) is 113 Å². The highest BCUT2D eigenvalue weighted by Gasteiger charge is 2.22. The van der Waals surface area contributed by atoms with E-state index in [0.29, 0.717) is 6.54 Å². The summed E-state index contributed by atoms with van der Waals surface area (Å²) in [6.45, 7) is 1.73. The number of nitro groups is 1. The average Bonchev–Trinajstić information content (AvgIpc) is 2.74. The molecule has 0 aromatic heterocycles. The van der Waals surface area contributed by atoms with Gasteiger partial charge in [-0.05, 0) is 37.0 Å². The third-order valence-electron chi connectivity index (χ3n) is 5.15. The van der Waals surface area contributed by atoms with Gasteiger partial charge in [0.15, 0.2) is 0 Å². The molecule has 0 spiro atoms. The van der Waals surface area contributed by atoms with Crippen molar-refractivity contribution in [2.24, 2.45) is 0 Å². The Bertz CT molecular complexity index is 1060. The van der Waals surface area contributed by atoms with Crippen LogP contribution in [0.5, 0.6) is 0 Å². The second-order valence-electron chi connectivity index (χ2n) is 7.47. The molecule has 2 aromatic carbocycles. The Labute approximate surface area is 181 Å². The van der Waals surface area contributed by atoms with E-state index < -0.39 is 27.4 Å². The lowest BCUT2D eigenvalue weighted by Crippen LogP contribution is -2.41. The maximum absolute atomic E-state index is 12.4. The summed E-state index contributed by atoms with van der Waals surface area (Å²) in [6.07, 6.45) is 3.85. The molecule has 1 aliphatic rings. The Kier molecular flexibility index (Phi) is 7.11.